The van der Waals surface area contributed by atoms with E-state index in [2.05, 4.69) is 57.1 Å². The molecule has 3 amide bonds. The first-order valence-electron chi connectivity index (χ1n) is 27.5. The van der Waals surface area contributed by atoms with Crippen molar-refractivity contribution in [3.63, 3.8) is 0 Å². The van der Waals surface area contributed by atoms with Crippen molar-refractivity contribution in [2.24, 2.45) is 11.3 Å². The molecule has 4 saturated heterocycles. The maximum atomic E-state index is 15.4. The number of nitrogens with zero attached hydrogens (tertiary/aromatic N) is 7. The number of carbonyl (C=O) groups excluding carboxylic acids is 4. The molecular formula is C58H68ClF2N11O7S2. The zero-order valence-electron chi connectivity index (χ0n) is 45.8. The zero-order chi connectivity index (χ0) is 57.3. The topological polar surface area (TPSA) is 217 Å². The summed E-state index contributed by atoms with van der Waals surface area (Å²) in [5.74, 6) is -2.22. The Labute approximate surface area is 479 Å². The number of aliphatic hydroxyl groups is 1. The highest BCUT2D eigenvalue weighted by Gasteiger charge is 2.45. The molecule has 0 spiro atoms. The zero-order valence-corrected chi connectivity index (χ0v) is 48.1. The van der Waals surface area contributed by atoms with E-state index < -0.39 is 62.2 Å². The number of pyridine rings is 1. The number of hydrogen-bond acceptors (Lipinski definition) is 13. The molecular weight excluding hydrogens is 1100 g/mol. The van der Waals surface area contributed by atoms with Crippen molar-refractivity contribution < 1.29 is 41.5 Å². The Bertz CT molecular complexity index is 3400. The van der Waals surface area contributed by atoms with E-state index in [0.29, 0.717) is 17.0 Å². The summed E-state index contributed by atoms with van der Waals surface area (Å²) in [7, 11) is -4.22. The lowest BCUT2D eigenvalue weighted by Crippen LogP contribution is -2.59. The van der Waals surface area contributed by atoms with E-state index in [0.717, 1.165) is 114 Å². The number of H-pyrrole nitrogens is 1. The van der Waals surface area contributed by atoms with E-state index in [1.54, 1.807) is 23.6 Å². The van der Waals surface area contributed by atoms with Crippen molar-refractivity contribution in [2.45, 2.75) is 84.3 Å². The minimum absolute atomic E-state index is 0.00477. The van der Waals surface area contributed by atoms with Crippen LogP contribution < -0.4 is 20.3 Å². The number of benzene rings is 3. The number of rotatable bonds is 17. The molecule has 4 aliphatic rings. The number of nitrogens with one attached hydrogen (secondary N) is 4. The number of aliphatic hydroxyl groups excluding tert-OH is 1. The van der Waals surface area contributed by atoms with Crippen LogP contribution in [-0.4, -0.2) is 167 Å². The molecule has 430 valence electrons. The number of anilines is 2. The number of aromatic amines is 1. The number of hydrogen-bond donors (Lipinski definition) is 5. The standard InChI is InChI=1S/C58H68ClF2N11O7S2/c1-35-53(80-34-65-35)39-7-5-36(6-8-39)27-64-56(76)48-26-43(73)32-72(48)57(77)54(58(2,3)4)66-49(74)33-68-18-15-37(16-19-68)30-69-21-23-70(24-22-69)42-11-9-38(10-12-42)40-25-44-45(29-63-55(44)62-28-40)52(75)50-46(61)13-14-47(51(50)59)67-81(78,79)71-20-17-41(60)31-71/h5-14,25,28-29,34,37,41,43,48,54,67,73H,15-24,26-27,30-33H2,1-4H3,(H,62,63)(H,64,76)(H,66,74)/t41-,43-,48+,54?/m1/s1. The van der Waals surface area contributed by atoms with Crippen LogP contribution in [0, 0.1) is 24.1 Å². The maximum absolute atomic E-state index is 15.4. The first kappa shape index (κ1) is 57.8. The minimum Gasteiger partial charge on any atom is -0.391 e. The molecule has 3 aromatic carbocycles. The monoisotopic (exact) mass is 1170 g/mol. The number of piperidine rings is 1. The van der Waals surface area contributed by atoms with Gasteiger partial charge in [0.1, 0.15) is 29.7 Å². The van der Waals surface area contributed by atoms with Crippen molar-refractivity contribution in [3.05, 3.63) is 118 Å². The molecule has 0 radical (unpaired) electrons. The fraction of sp³-hybridized carbons (Fsp3) is 0.448. The van der Waals surface area contributed by atoms with Gasteiger partial charge < -0.3 is 30.5 Å². The summed E-state index contributed by atoms with van der Waals surface area (Å²) < 4.78 is 58.3. The highest BCUT2D eigenvalue weighted by atomic mass is 35.5. The van der Waals surface area contributed by atoms with Gasteiger partial charge in [0.2, 0.25) is 17.7 Å². The number of thiazole rings is 1. The van der Waals surface area contributed by atoms with Gasteiger partial charge in [0.25, 0.3) is 0 Å². The molecule has 18 nitrogen and oxygen atoms in total. The van der Waals surface area contributed by atoms with Crippen LogP contribution in [-0.2, 0) is 31.1 Å². The Morgan fingerprint density at radius 1 is 0.889 bits per heavy atom. The third-order valence-corrected chi connectivity index (χ3v) is 18.9. The van der Waals surface area contributed by atoms with Crippen LogP contribution in [0.15, 0.2) is 84.6 Å². The number of alkyl halides is 1. The Balaban J connectivity index is 0.678. The normalized spacial score (nSPS) is 20.2. The van der Waals surface area contributed by atoms with Crippen LogP contribution in [0.1, 0.15) is 73.6 Å². The number of amides is 3. The van der Waals surface area contributed by atoms with Gasteiger partial charge in [-0.05, 0) is 97.6 Å². The maximum Gasteiger partial charge on any atom is 0.301 e. The molecule has 0 saturated carbocycles. The van der Waals surface area contributed by atoms with E-state index in [1.807, 2.05) is 69.6 Å². The van der Waals surface area contributed by atoms with E-state index in [-0.39, 0.29) is 74.5 Å². The van der Waals surface area contributed by atoms with Gasteiger partial charge in [0.05, 0.1) is 45.0 Å². The molecule has 4 aliphatic heterocycles. The van der Waals surface area contributed by atoms with Gasteiger partial charge in [-0.2, -0.15) is 12.7 Å². The summed E-state index contributed by atoms with van der Waals surface area (Å²) >= 11 is 8.10. The Kier molecular flexibility index (Phi) is 17.3. The Morgan fingerprint density at radius 2 is 1.60 bits per heavy atom. The fourth-order valence-corrected chi connectivity index (χ4v) is 13.8. The lowest BCUT2D eigenvalue weighted by molar-refractivity contribution is -0.144. The van der Waals surface area contributed by atoms with E-state index in [1.165, 1.54) is 11.1 Å². The average molecular weight is 1170 g/mol. The number of aromatic nitrogens is 3. The molecule has 0 bridgehead atoms. The van der Waals surface area contributed by atoms with Crippen LogP contribution in [0.4, 0.5) is 20.2 Å². The molecule has 5 N–H and O–H groups in total. The van der Waals surface area contributed by atoms with Gasteiger partial charge in [-0.25, -0.2) is 18.7 Å². The first-order chi connectivity index (χ1) is 38.7. The lowest BCUT2D eigenvalue weighted by atomic mass is 9.85. The van der Waals surface area contributed by atoms with E-state index >= 15 is 4.39 Å². The summed E-state index contributed by atoms with van der Waals surface area (Å²) in [6.45, 7) is 13.7. The Morgan fingerprint density at radius 3 is 2.27 bits per heavy atom. The van der Waals surface area contributed by atoms with Crippen LogP contribution in [0.25, 0.3) is 32.6 Å². The molecule has 3 aromatic heterocycles. The quantitative estimate of drug-likeness (QED) is 0.0582. The molecule has 6 aromatic rings. The number of piperazine rings is 1. The molecule has 7 heterocycles. The molecule has 81 heavy (non-hydrogen) atoms. The third kappa shape index (κ3) is 13.1. The predicted octanol–water partition coefficient (Wildman–Crippen LogP) is 7.03. The second kappa shape index (κ2) is 24.2. The summed E-state index contributed by atoms with van der Waals surface area (Å²) in [6, 6.07) is 18.1. The summed E-state index contributed by atoms with van der Waals surface area (Å²) in [6.07, 6.45) is 2.99. The van der Waals surface area contributed by atoms with Crippen LogP contribution >= 0.6 is 22.9 Å². The lowest BCUT2D eigenvalue weighted by Gasteiger charge is -2.40. The fourth-order valence-electron chi connectivity index (χ4n) is 11.4. The highest BCUT2D eigenvalue weighted by molar-refractivity contribution is 7.90. The van der Waals surface area contributed by atoms with Gasteiger partial charge in [-0.1, -0.05) is 68.8 Å². The number of β-amino-alcohol motifs (C(OH)–C–C–N with tert-alkyl or cyclic N) is 1. The van der Waals surface area contributed by atoms with Crippen molar-refractivity contribution >= 4 is 79.1 Å². The molecule has 1 unspecified atom stereocenters. The number of halogens is 3. The average Bonchev–Trinajstić information content (AvgIpc) is 4.41. The third-order valence-electron chi connectivity index (χ3n) is 16.0. The Hall–Kier alpha value is -6.40. The van der Waals surface area contributed by atoms with Crippen molar-refractivity contribution in [1.29, 1.82) is 0 Å². The van der Waals surface area contributed by atoms with Crippen molar-refractivity contribution in [1.82, 2.24) is 44.6 Å². The predicted molar refractivity (Wildman–Crippen MR) is 309 cm³/mol. The molecule has 4 atom stereocenters. The van der Waals surface area contributed by atoms with Gasteiger partial charge in [0, 0.05) is 99.9 Å². The summed E-state index contributed by atoms with van der Waals surface area (Å²) in [4.78, 5) is 76.8. The van der Waals surface area contributed by atoms with Gasteiger partial charge in [-0.15, -0.1) is 11.3 Å². The van der Waals surface area contributed by atoms with E-state index in [4.69, 9.17) is 11.6 Å². The molecule has 23 heteroatoms. The van der Waals surface area contributed by atoms with Gasteiger partial charge in [-0.3, -0.25) is 33.7 Å². The summed E-state index contributed by atoms with van der Waals surface area (Å²) in [5.41, 5.74) is 6.48. The van der Waals surface area contributed by atoms with Gasteiger partial charge >= 0.3 is 10.2 Å². The highest BCUT2D eigenvalue weighted by Crippen LogP contribution is 2.35. The number of fused-ring (bicyclic) bond motifs is 1. The number of aryl methyl sites for hydroxylation is 1. The van der Waals surface area contributed by atoms with Crippen LogP contribution in [0.2, 0.25) is 5.02 Å². The largest absolute Gasteiger partial charge is 0.391 e. The smallest absolute Gasteiger partial charge is 0.301 e. The molecule has 10 rings (SSSR count). The van der Waals surface area contributed by atoms with Crippen molar-refractivity contribution in [2.75, 3.05) is 81.6 Å². The summed E-state index contributed by atoms with van der Waals surface area (Å²) in [5, 5.41) is 16.7. The second-order valence-corrected chi connectivity index (χ2v) is 25.7. The van der Waals surface area contributed by atoms with Crippen molar-refractivity contribution in [3.8, 4) is 21.6 Å². The molecule has 4 fully saturated rings. The SMILES string of the molecule is Cc1ncsc1-c1ccc(CNC(=O)[C@@H]2C[C@@H](O)CN2C(=O)C(NC(=O)CN2CCC(CN3CCN(c4ccc(-c5cnc6[nH]cc(C(=O)c7c(F)ccc(NS(=O)(=O)N8CC[C@@H](F)C8)c7Cl)c6c5)cc4)CC3)CC2)C(C)(C)C)cc1. The number of ketones is 1. The van der Waals surface area contributed by atoms with Crippen LogP contribution in [0.5, 0.6) is 0 Å². The van der Waals surface area contributed by atoms with Gasteiger partial charge in [0.15, 0.2) is 5.78 Å². The first-order valence-corrected chi connectivity index (χ1v) is 30.2. The number of likely N-dealkylation sites (tertiary alicyclic amines) is 2. The molecule has 0 aliphatic carbocycles. The number of carbonyl (C=O) groups is 4. The second-order valence-electron chi connectivity index (χ2n) is 22.8. The van der Waals surface area contributed by atoms with Crippen LogP contribution in [0.3, 0.4) is 0 Å². The minimum atomic E-state index is -4.22. The van der Waals surface area contributed by atoms with E-state index in [9.17, 15) is 37.1 Å².